The number of rotatable bonds is 9. The van der Waals surface area contributed by atoms with Gasteiger partial charge in [0.05, 0.1) is 11.1 Å². The number of hydrogen-bond acceptors (Lipinski definition) is 10. The van der Waals surface area contributed by atoms with E-state index in [4.69, 9.17) is 4.42 Å². The van der Waals surface area contributed by atoms with E-state index in [1.165, 1.54) is 18.3 Å². The summed E-state index contributed by atoms with van der Waals surface area (Å²) < 4.78 is 5.73. The van der Waals surface area contributed by atoms with Crippen LogP contribution < -0.4 is 15.6 Å². The summed E-state index contributed by atoms with van der Waals surface area (Å²) >= 11 is 0. The average Bonchev–Trinajstić information content (AvgIpc) is 3.32. The number of hydrazone groups is 1. The predicted molar refractivity (Wildman–Crippen MR) is 130 cm³/mol. The molecule has 0 saturated heterocycles. The second kappa shape index (κ2) is 10.2. The maximum absolute atomic E-state index is 11.0. The molecule has 2 aromatic heterocycles. The van der Waals surface area contributed by atoms with Gasteiger partial charge in [0.2, 0.25) is 17.8 Å². The molecule has 34 heavy (non-hydrogen) atoms. The van der Waals surface area contributed by atoms with E-state index in [-0.39, 0.29) is 11.6 Å². The molecule has 0 aliphatic heterocycles. The monoisotopic (exact) mass is 458 g/mol. The summed E-state index contributed by atoms with van der Waals surface area (Å²) in [4.78, 5) is 25.4. The number of nitro groups is 1. The minimum absolute atomic E-state index is 0.00556. The molecule has 0 amide bonds. The van der Waals surface area contributed by atoms with Crippen LogP contribution in [-0.4, -0.2) is 40.2 Å². The normalized spacial score (nSPS) is 10.9. The van der Waals surface area contributed by atoms with Crippen LogP contribution in [0.3, 0.4) is 0 Å². The van der Waals surface area contributed by atoms with Gasteiger partial charge in [-0.3, -0.25) is 10.1 Å². The Morgan fingerprint density at radius 3 is 2.59 bits per heavy atom. The third-order valence-electron chi connectivity index (χ3n) is 4.64. The van der Waals surface area contributed by atoms with Crippen LogP contribution in [0.25, 0.3) is 11.3 Å². The van der Waals surface area contributed by atoms with Gasteiger partial charge in [-0.1, -0.05) is 42.5 Å². The highest BCUT2D eigenvalue weighted by Gasteiger charge is 2.10. The number of hydrogen-bond donors (Lipinski definition) is 2. The molecule has 2 aromatic carbocycles. The molecular formula is C23H22N8O3. The second-order valence-electron chi connectivity index (χ2n) is 7.40. The van der Waals surface area contributed by atoms with Gasteiger partial charge in [0, 0.05) is 38.3 Å². The molecule has 4 aromatic rings. The van der Waals surface area contributed by atoms with E-state index in [9.17, 15) is 10.1 Å². The zero-order valence-electron chi connectivity index (χ0n) is 18.5. The molecule has 2 N–H and O–H groups in total. The molecule has 0 fully saturated rings. The number of nitrogens with one attached hydrogen (secondary N) is 2. The molecule has 0 radical (unpaired) electrons. The predicted octanol–water partition coefficient (Wildman–Crippen LogP) is 4.16. The van der Waals surface area contributed by atoms with E-state index in [1.807, 2.05) is 44.4 Å². The Labute approximate surface area is 195 Å². The Morgan fingerprint density at radius 1 is 1.03 bits per heavy atom. The van der Waals surface area contributed by atoms with E-state index in [0.29, 0.717) is 35.5 Å². The fourth-order valence-electron chi connectivity index (χ4n) is 2.97. The Bertz CT molecular complexity index is 1300. The Balaban J connectivity index is 1.45. The van der Waals surface area contributed by atoms with Gasteiger partial charge < -0.3 is 14.6 Å². The minimum atomic E-state index is -0.446. The van der Waals surface area contributed by atoms with Gasteiger partial charge in [0.25, 0.3) is 5.69 Å². The first-order chi connectivity index (χ1) is 16.5. The molecule has 0 unspecified atom stereocenters. The van der Waals surface area contributed by atoms with Crippen LogP contribution in [0.15, 0.2) is 76.2 Å². The Morgan fingerprint density at radius 2 is 1.82 bits per heavy atom. The lowest BCUT2D eigenvalue weighted by atomic mass is 10.1. The highest BCUT2D eigenvalue weighted by molar-refractivity contribution is 5.78. The SMILES string of the molecule is CN(C)c1nc(NCc2ccccc2)nc(N/N=C/c2ccc(-c3cccc([N+](=O)[O-])c3)o2)n1. The maximum atomic E-state index is 11.0. The van der Waals surface area contributed by atoms with E-state index in [1.54, 1.807) is 29.2 Å². The largest absolute Gasteiger partial charge is 0.455 e. The molecule has 0 bridgehead atoms. The third kappa shape index (κ3) is 5.71. The maximum Gasteiger partial charge on any atom is 0.270 e. The molecule has 0 aliphatic carbocycles. The number of nitrogens with zero attached hydrogens (tertiary/aromatic N) is 6. The molecule has 0 atom stereocenters. The number of anilines is 3. The zero-order valence-corrected chi connectivity index (χ0v) is 18.5. The number of non-ortho nitro benzene ring substituents is 1. The van der Waals surface area contributed by atoms with Crippen molar-refractivity contribution >= 4 is 29.7 Å². The summed E-state index contributed by atoms with van der Waals surface area (Å²) in [6.07, 6.45) is 1.47. The van der Waals surface area contributed by atoms with Gasteiger partial charge in [0.15, 0.2) is 0 Å². The third-order valence-corrected chi connectivity index (χ3v) is 4.64. The van der Waals surface area contributed by atoms with Crippen LogP contribution in [0, 0.1) is 10.1 Å². The number of furan rings is 1. The summed E-state index contributed by atoms with van der Waals surface area (Å²) in [7, 11) is 3.67. The lowest BCUT2D eigenvalue weighted by Crippen LogP contribution is -2.16. The van der Waals surface area contributed by atoms with Gasteiger partial charge in [0.1, 0.15) is 11.5 Å². The van der Waals surface area contributed by atoms with Gasteiger partial charge in [-0.25, -0.2) is 5.43 Å². The van der Waals surface area contributed by atoms with Gasteiger partial charge in [-0.05, 0) is 17.7 Å². The van der Waals surface area contributed by atoms with Crippen molar-refractivity contribution in [1.82, 2.24) is 15.0 Å². The molecule has 172 valence electrons. The van der Waals surface area contributed by atoms with Crippen molar-refractivity contribution in [2.75, 3.05) is 29.7 Å². The molecule has 0 saturated carbocycles. The number of aromatic nitrogens is 3. The van der Waals surface area contributed by atoms with Crippen molar-refractivity contribution in [2.45, 2.75) is 6.54 Å². The molecule has 0 aliphatic rings. The van der Waals surface area contributed by atoms with Crippen LogP contribution in [0.5, 0.6) is 0 Å². The summed E-state index contributed by atoms with van der Waals surface area (Å²) in [5.41, 5.74) is 4.48. The van der Waals surface area contributed by atoms with Crippen LogP contribution in [-0.2, 0) is 6.54 Å². The zero-order chi connectivity index (χ0) is 23.9. The number of nitro benzene ring substituents is 1. The van der Waals surface area contributed by atoms with E-state index < -0.39 is 4.92 Å². The Kier molecular flexibility index (Phi) is 6.73. The first-order valence-corrected chi connectivity index (χ1v) is 10.3. The molecule has 11 nitrogen and oxygen atoms in total. The topological polar surface area (TPSA) is 135 Å². The van der Waals surface area contributed by atoms with Crippen molar-refractivity contribution in [3.8, 4) is 11.3 Å². The van der Waals surface area contributed by atoms with Gasteiger partial charge in [-0.2, -0.15) is 20.1 Å². The lowest BCUT2D eigenvalue weighted by molar-refractivity contribution is -0.384. The molecule has 11 heteroatoms. The average molecular weight is 458 g/mol. The molecule has 2 heterocycles. The minimum Gasteiger partial charge on any atom is -0.455 e. The van der Waals surface area contributed by atoms with Crippen molar-refractivity contribution in [3.63, 3.8) is 0 Å². The van der Waals surface area contributed by atoms with Crippen molar-refractivity contribution < 1.29 is 9.34 Å². The van der Waals surface area contributed by atoms with Crippen LogP contribution >= 0.6 is 0 Å². The summed E-state index contributed by atoms with van der Waals surface area (Å²) in [6, 6.07) is 19.6. The standard InChI is InChI=1S/C23H22N8O3/c1-30(2)23-27-21(24-14-16-7-4-3-5-8-16)26-22(28-23)29-25-15-19-11-12-20(34-19)17-9-6-10-18(13-17)31(32)33/h3-13,15H,14H2,1-2H3,(H2,24,26,27,28,29)/b25-15+. The first kappa shape index (κ1) is 22.4. The fraction of sp³-hybridized carbons (Fsp3) is 0.130. The number of benzene rings is 2. The van der Waals surface area contributed by atoms with E-state index >= 15 is 0 Å². The van der Waals surface area contributed by atoms with Crippen LogP contribution in [0.1, 0.15) is 11.3 Å². The molecule has 4 rings (SSSR count). The quantitative estimate of drug-likeness (QED) is 0.215. The van der Waals surface area contributed by atoms with Crippen LogP contribution in [0.2, 0.25) is 0 Å². The molecular weight excluding hydrogens is 436 g/mol. The highest BCUT2D eigenvalue weighted by Crippen LogP contribution is 2.25. The smallest absolute Gasteiger partial charge is 0.270 e. The van der Waals surface area contributed by atoms with E-state index in [0.717, 1.165) is 5.56 Å². The van der Waals surface area contributed by atoms with Gasteiger partial charge >= 0.3 is 0 Å². The Hall–Kier alpha value is -4.80. The summed E-state index contributed by atoms with van der Waals surface area (Å²) in [5.74, 6) is 2.09. The second-order valence-corrected chi connectivity index (χ2v) is 7.40. The van der Waals surface area contributed by atoms with Crippen molar-refractivity contribution in [2.24, 2.45) is 5.10 Å². The molecule has 0 spiro atoms. The van der Waals surface area contributed by atoms with Gasteiger partial charge in [-0.15, -0.1) is 0 Å². The highest BCUT2D eigenvalue weighted by atomic mass is 16.6. The summed E-state index contributed by atoms with van der Waals surface area (Å²) in [6.45, 7) is 0.563. The van der Waals surface area contributed by atoms with Crippen LogP contribution in [0.4, 0.5) is 23.5 Å². The fourth-order valence-corrected chi connectivity index (χ4v) is 2.97. The van der Waals surface area contributed by atoms with Crippen molar-refractivity contribution in [3.05, 3.63) is 88.2 Å². The van der Waals surface area contributed by atoms with E-state index in [2.05, 4.69) is 30.8 Å². The summed E-state index contributed by atoms with van der Waals surface area (Å²) in [5, 5.41) is 18.3. The lowest BCUT2D eigenvalue weighted by Gasteiger charge is -2.13. The van der Waals surface area contributed by atoms with Crippen molar-refractivity contribution in [1.29, 1.82) is 0 Å². The first-order valence-electron chi connectivity index (χ1n) is 10.3.